The van der Waals surface area contributed by atoms with Crippen LogP contribution in [0.1, 0.15) is 0 Å². The van der Waals surface area contributed by atoms with E-state index in [1.165, 1.54) is 5.56 Å². The zero-order valence-electron chi connectivity index (χ0n) is 26.9. The molecule has 3 heterocycles. The maximum Gasteiger partial charge on any atom is 0.238 e. The molecule has 7 aromatic carbocycles. The fourth-order valence-corrected chi connectivity index (χ4v) is 7.12. The van der Waals surface area contributed by atoms with Gasteiger partial charge in [-0.25, -0.2) is 4.98 Å². The minimum Gasteiger partial charge on any atom is -0.456 e. The zero-order valence-corrected chi connectivity index (χ0v) is 26.9. The number of para-hydroxylation sites is 1. The molecular formula is C45H28N4O. The van der Waals surface area contributed by atoms with Gasteiger partial charge in [0, 0.05) is 32.7 Å². The minimum absolute atomic E-state index is 0.558. The molecule has 0 N–H and O–H groups in total. The van der Waals surface area contributed by atoms with E-state index in [1.54, 1.807) is 0 Å². The van der Waals surface area contributed by atoms with Crippen LogP contribution in [0.15, 0.2) is 174 Å². The van der Waals surface area contributed by atoms with E-state index in [2.05, 4.69) is 120 Å². The highest BCUT2D eigenvalue weighted by atomic mass is 16.3. The Labute approximate surface area is 287 Å². The Morgan fingerprint density at radius 2 is 0.980 bits per heavy atom. The largest absolute Gasteiger partial charge is 0.456 e. The molecule has 0 saturated heterocycles. The highest BCUT2D eigenvalue weighted by Gasteiger charge is 2.21. The molecule has 0 radical (unpaired) electrons. The number of furan rings is 1. The Bertz CT molecular complexity index is 2860. The van der Waals surface area contributed by atoms with Gasteiger partial charge in [-0.3, -0.25) is 4.57 Å². The van der Waals surface area contributed by atoms with Gasteiger partial charge in [0.05, 0.1) is 11.0 Å². The maximum absolute atomic E-state index is 6.41. The lowest BCUT2D eigenvalue weighted by Gasteiger charge is -2.11. The normalized spacial score (nSPS) is 11.6. The number of nitrogens with zero attached hydrogens (tertiary/aromatic N) is 4. The van der Waals surface area contributed by atoms with Crippen molar-refractivity contribution >= 4 is 43.7 Å². The first-order valence-electron chi connectivity index (χ1n) is 16.7. The van der Waals surface area contributed by atoms with E-state index in [1.807, 2.05) is 54.6 Å². The van der Waals surface area contributed by atoms with Crippen LogP contribution < -0.4 is 0 Å². The van der Waals surface area contributed by atoms with Crippen LogP contribution in [0.4, 0.5) is 0 Å². The topological polar surface area (TPSA) is 56.7 Å². The van der Waals surface area contributed by atoms with Crippen molar-refractivity contribution in [2.75, 3.05) is 0 Å². The Balaban J connectivity index is 1.24. The summed E-state index contributed by atoms with van der Waals surface area (Å²) in [6.07, 6.45) is 0. The van der Waals surface area contributed by atoms with Crippen molar-refractivity contribution in [3.63, 3.8) is 0 Å². The zero-order chi connectivity index (χ0) is 33.0. The van der Waals surface area contributed by atoms with Crippen molar-refractivity contribution in [1.29, 1.82) is 0 Å². The molecule has 0 aliphatic rings. The van der Waals surface area contributed by atoms with E-state index in [0.29, 0.717) is 17.6 Å². The van der Waals surface area contributed by atoms with Crippen molar-refractivity contribution in [3.8, 4) is 51.0 Å². The number of fused-ring (bicyclic) bond motifs is 6. The third kappa shape index (κ3) is 4.60. The van der Waals surface area contributed by atoms with Crippen LogP contribution in [-0.4, -0.2) is 19.5 Å². The fraction of sp³-hybridized carbons (Fsp3) is 0. The molecule has 0 spiro atoms. The van der Waals surface area contributed by atoms with Crippen molar-refractivity contribution in [2.24, 2.45) is 0 Å². The Hall–Kier alpha value is -6.85. The van der Waals surface area contributed by atoms with Gasteiger partial charge in [-0.2, -0.15) is 9.97 Å². The molecule has 0 saturated carbocycles. The van der Waals surface area contributed by atoms with Crippen LogP contribution in [0, 0.1) is 0 Å². The summed E-state index contributed by atoms with van der Waals surface area (Å²) in [7, 11) is 0. The van der Waals surface area contributed by atoms with Crippen LogP contribution in [-0.2, 0) is 0 Å². The summed E-state index contributed by atoms with van der Waals surface area (Å²) in [5, 5.41) is 4.28. The third-order valence-corrected chi connectivity index (χ3v) is 9.48. The standard InChI is InChI=1S/C45H28N4O/c1-4-13-29(14-5-1)32-23-25-39-36(27-32)34-19-10-11-21-38(34)49(39)45-47-43(31-17-8-3-9-18-31)46-44(48-45)35-20-12-22-41-42(35)37-28-33(24-26-40(37)50-41)30-15-6-2-7-16-30/h1-28H. The van der Waals surface area contributed by atoms with Crippen molar-refractivity contribution in [2.45, 2.75) is 0 Å². The summed E-state index contributed by atoms with van der Waals surface area (Å²) in [5.41, 5.74) is 10.1. The number of hydrogen-bond donors (Lipinski definition) is 0. The molecule has 50 heavy (non-hydrogen) atoms. The molecule has 0 atom stereocenters. The van der Waals surface area contributed by atoms with Gasteiger partial charge in [-0.15, -0.1) is 0 Å². The minimum atomic E-state index is 0.558. The fourth-order valence-electron chi connectivity index (χ4n) is 7.12. The van der Waals surface area contributed by atoms with E-state index in [0.717, 1.165) is 71.6 Å². The molecule has 3 aromatic heterocycles. The predicted octanol–water partition coefficient (Wildman–Crippen LogP) is 11.5. The van der Waals surface area contributed by atoms with Gasteiger partial charge < -0.3 is 4.42 Å². The average molecular weight is 641 g/mol. The lowest BCUT2D eigenvalue weighted by Crippen LogP contribution is -2.06. The second kappa shape index (κ2) is 11.4. The number of benzene rings is 7. The van der Waals surface area contributed by atoms with Gasteiger partial charge in [0.2, 0.25) is 5.95 Å². The second-order valence-corrected chi connectivity index (χ2v) is 12.5. The van der Waals surface area contributed by atoms with Crippen LogP contribution in [0.5, 0.6) is 0 Å². The van der Waals surface area contributed by atoms with Crippen molar-refractivity contribution in [3.05, 3.63) is 170 Å². The van der Waals surface area contributed by atoms with Crippen LogP contribution in [0.2, 0.25) is 0 Å². The van der Waals surface area contributed by atoms with E-state index in [-0.39, 0.29) is 0 Å². The van der Waals surface area contributed by atoms with Gasteiger partial charge in [0.25, 0.3) is 0 Å². The third-order valence-electron chi connectivity index (χ3n) is 9.48. The van der Waals surface area contributed by atoms with Gasteiger partial charge >= 0.3 is 0 Å². The first kappa shape index (κ1) is 28.2. The summed E-state index contributed by atoms with van der Waals surface area (Å²) in [4.78, 5) is 15.6. The molecular weight excluding hydrogens is 613 g/mol. The molecule has 0 aliphatic heterocycles. The van der Waals surface area contributed by atoms with Crippen molar-refractivity contribution in [1.82, 2.24) is 19.5 Å². The molecule has 10 rings (SSSR count). The van der Waals surface area contributed by atoms with Crippen LogP contribution >= 0.6 is 0 Å². The van der Waals surface area contributed by atoms with E-state index >= 15 is 0 Å². The Morgan fingerprint density at radius 1 is 0.380 bits per heavy atom. The molecule has 0 fully saturated rings. The lowest BCUT2D eigenvalue weighted by molar-refractivity contribution is 0.669. The first-order valence-corrected chi connectivity index (χ1v) is 16.7. The van der Waals surface area contributed by atoms with E-state index in [4.69, 9.17) is 19.4 Å². The first-order chi connectivity index (χ1) is 24.8. The Morgan fingerprint density at radius 3 is 1.72 bits per heavy atom. The van der Waals surface area contributed by atoms with Gasteiger partial charge in [-0.05, 0) is 58.7 Å². The molecule has 234 valence electrons. The predicted molar refractivity (Wildman–Crippen MR) is 203 cm³/mol. The summed E-state index contributed by atoms with van der Waals surface area (Å²) >= 11 is 0. The number of aromatic nitrogens is 4. The molecule has 0 unspecified atom stereocenters. The SMILES string of the molecule is c1ccc(-c2ccc3oc4cccc(-c5nc(-c6ccccc6)nc(-n6c7ccccc7c7cc(-c8ccccc8)ccc76)n5)c4c3c2)cc1. The highest BCUT2D eigenvalue weighted by molar-refractivity contribution is 6.13. The number of rotatable bonds is 5. The Kier molecular flexibility index (Phi) is 6.42. The molecule has 0 bridgehead atoms. The molecule has 0 amide bonds. The maximum atomic E-state index is 6.41. The molecule has 5 nitrogen and oxygen atoms in total. The summed E-state index contributed by atoms with van der Waals surface area (Å²) in [6, 6.07) is 58.6. The van der Waals surface area contributed by atoms with E-state index < -0.39 is 0 Å². The summed E-state index contributed by atoms with van der Waals surface area (Å²) < 4.78 is 8.57. The van der Waals surface area contributed by atoms with E-state index in [9.17, 15) is 0 Å². The molecule has 0 aliphatic carbocycles. The monoisotopic (exact) mass is 640 g/mol. The van der Waals surface area contributed by atoms with Crippen LogP contribution in [0.25, 0.3) is 94.7 Å². The second-order valence-electron chi connectivity index (χ2n) is 12.5. The molecule has 10 aromatic rings. The van der Waals surface area contributed by atoms with Crippen LogP contribution in [0.3, 0.4) is 0 Å². The highest BCUT2D eigenvalue weighted by Crippen LogP contribution is 2.39. The summed E-state index contributed by atoms with van der Waals surface area (Å²) in [5.74, 6) is 1.74. The smallest absolute Gasteiger partial charge is 0.238 e. The summed E-state index contributed by atoms with van der Waals surface area (Å²) in [6.45, 7) is 0. The quantitative estimate of drug-likeness (QED) is 0.188. The van der Waals surface area contributed by atoms with Gasteiger partial charge in [0.15, 0.2) is 11.6 Å². The molecule has 5 heteroatoms. The van der Waals surface area contributed by atoms with Crippen molar-refractivity contribution < 1.29 is 4.42 Å². The lowest BCUT2D eigenvalue weighted by atomic mass is 10.0. The van der Waals surface area contributed by atoms with Gasteiger partial charge in [-0.1, -0.05) is 133 Å². The number of hydrogen-bond acceptors (Lipinski definition) is 4. The average Bonchev–Trinajstić information content (AvgIpc) is 3.74. The van der Waals surface area contributed by atoms with Gasteiger partial charge in [0.1, 0.15) is 11.2 Å².